The Morgan fingerprint density at radius 3 is 0.838 bits per heavy atom. The maximum Gasteiger partial charge on any atom is 0.0973 e. The van der Waals surface area contributed by atoms with Crippen molar-refractivity contribution in [3.05, 3.63) is 242 Å². The second-order valence-electron chi connectivity index (χ2n) is 19.5. The molecule has 10 aromatic rings. The summed E-state index contributed by atoms with van der Waals surface area (Å²) in [6.07, 6.45) is 0. The van der Waals surface area contributed by atoms with E-state index < -0.39 is 0 Å². The molecule has 0 amide bonds. The van der Waals surface area contributed by atoms with Gasteiger partial charge >= 0.3 is 0 Å². The van der Waals surface area contributed by atoms with Gasteiger partial charge in [0.15, 0.2) is 0 Å². The van der Waals surface area contributed by atoms with Crippen molar-refractivity contribution in [1.82, 2.24) is 9.97 Å². The van der Waals surface area contributed by atoms with Gasteiger partial charge < -0.3 is 9.80 Å². The highest BCUT2D eigenvalue weighted by Gasteiger charge is 2.26. The van der Waals surface area contributed by atoms with Gasteiger partial charge in [-0.1, -0.05) is 187 Å². The summed E-state index contributed by atoms with van der Waals surface area (Å²) in [5, 5.41) is 0. The normalized spacial score (nSPS) is 11.7. The molecule has 0 atom stereocenters. The van der Waals surface area contributed by atoms with Gasteiger partial charge in [0.05, 0.1) is 22.4 Å². The quantitative estimate of drug-likeness (QED) is 0.137. The summed E-state index contributed by atoms with van der Waals surface area (Å²) in [4.78, 5) is 15.3. The average molecular weight is 881 g/mol. The fourth-order valence-electron chi connectivity index (χ4n) is 9.23. The number of para-hydroxylation sites is 6. The number of fused-ring (bicyclic) bond motifs is 1. The molecule has 9 aromatic carbocycles. The van der Waals surface area contributed by atoms with E-state index >= 15 is 0 Å². The van der Waals surface area contributed by atoms with Crippen LogP contribution in [-0.4, -0.2) is 9.97 Å². The minimum atomic E-state index is -0.123. The van der Waals surface area contributed by atoms with Gasteiger partial charge in [-0.25, -0.2) is 9.97 Å². The van der Waals surface area contributed by atoms with E-state index in [1.54, 1.807) is 0 Å². The van der Waals surface area contributed by atoms with Crippen molar-refractivity contribution < 1.29 is 0 Å². The molecule has 0 saturated heterocycles. The second-order valence-corrected chi connectivity index (χ2v) is 19.5. The molecule has 0 aliphatic rings. The molecule has 0 N–H and O–H groups in total. The van der Waals surface area contributed by atoms with Crippen molar-refractivity contribution in [3.8, 4) is 44.8 Å². The van der Waals surface area contributed by atoms with Crippen molar-refractivity contribution >= 4 is 45.2 Å². The summed E-state index contributed by atoms with van der Waals surface area (Å²) in [5.41, 5.74) is 19.3. The van der Waals surface area contributed by atoms with E-state index in [1.165, 1.54) is 33.6 Å². The number of benzene rings is 9. The highest BCUT2D eigenvalue weighted by atomic mass is 15.2. The first kappa shape index (κ1) is 43.8. The van der Waals surface area contributed by atoms with Crippen LogP contribution in [0, 0.1) is 0 Å². The standard InChI is InChI=1S/C64H56N4/c1-63(2,3)55-43-49(39-41-59(55)67(51-21-11-7-12-22-51)52-23-13-8-14-24-52)45-31-35-47(36-32-45)61-62(66-58-30-20-19-29-57(58)65-61)48-37-33-46(34-38-48)50-40-42-60(56(44-50)64(4,5)6)68(53-25-15-9-16-26-53)54-27-17-10-18-28-54/h7-44H,1-6H3. The first-order valence-electron chi connectivity index (χ1n) is 23.6. The molecule has 4 heteroatoms. The highest BCUT2D eigenvalue weighted by molar-refractivity contribution is 5.88. The molecular formula is C64H56N4. The third-order valence-corrected chi connectivity index (χ3v) is 12.7. The summed E-state index contributed by atoms with van der Waals surface area (Å²) in [6, 6.07) is 82.2. The molecule has 0 radical (unpaired) electrons. The van der Waals surface area contributed by atoms with E-state index in [9.17, 15) is 0 Å². The van der Waals surface area contributed by atoms with Gasteiger partial charge in [-0.3, -0.25) is 0 Å². The lowest BCUT2D eigenvalue weighted by Gasteiger charge is -2.32. The molecular weight excluding hydrogens is 825 g/mol. The SMILES string of the molecule is CC(C)(C)c1cc(-c2ccc(-c3nc4ccccc4nc3-c3ccc(-c4ccc(N(c5ccccc5)c5ccccc5)c(C(C)(C)C)c4)cc3)cc2)ccc1N(c1ccccc1)c1ccccc1. The Morgan fingerprint density at radius 1 is 0.279 bits per heavy atom. The maximum atomic E-state index is 5.28. The summed E-state index contributed by atoms with van der Waals surface area (Å²) >= 11 is 0. The topological polar surface area (TPSA) is 32.3 Å². The molecule has 1 heterocycles. The zero-order valence-corrected chi connectivity index (χ0v) is 39.7. The van der Waals surface area contributed by atoms with E-state index in [0.29, 0.717) is 0 Å². The molecule has 0 fully saturated rings. The molecule has 1 aromatic heterocycles. The minimum Gasteiger partial charge on any atom is -0.310 e. The third kappa shape index (κ3) is 8.94. The lowest BCUT2D eigenvalue weighted by atomic mass is 9.83. The van der Waals surface area contributed by atoms with Crippen LogP contribution in [0.5, 0.6) is 0 Å². The van der Waals surface area contributed by atoms with E-state index in [0.717, 1.165) is 67.4 Å². The maximum absolute atomic E-state index is 5.28. The largest absolute Gasteiger partial charge is 0.310 e. The average Bonchev–Trinajstić information content (AvgIpc) is 3.37. The molecule has 10 rings (SSSR count). The molecule has 0 aliphatic carbocycles. The summed E-state index contributed by atoms with van der Waals surface area (Å²) in [7, 11) is 0. The van der Waals surface area contributed by atoms with Gasteiger partial charge in [0.1, 0.15) is 0 Å². The van der Waals surface area contributed by atoms with Gasteiger partial charge in [-0.15, -0.1) is 0 Å². The molecule has 0 bridgehead atoms. The molecule has 68 heavy (non-hydrogen) atoms. The highest BCUT2D eigenvalue weighted by Crippen LogP contribution is 2.45. The zero-order chi connectivity index (χ0) is 46.8. The van der Waals surface area contributed by atoms with Gasteiger partial charge in [-0.05, 0) is 129 Å². The Bertz CT molecular complexity index is 3010. The number of hydrogen-bond donors (Lipinski definition) is 0. The van der Waals surface area contributed by atoms with Crippen molar-refractivity contribution in [3.63, 3.8) is 0 Å². The van der Waals surface area contributed by atoms with Crippen molar-refractivity contribution in [2.24, 2.45) is 0 Å². The fraction of sp³-hybridized carbons (Fsp3) is 0.125. The van der Waals surface area contributed by atoms with E-state index in [1.807, 2.05) is 24.3 Å². The number of anilines is 6. The summed E-state index contributed by atoms with van der Waals surface area (Å²) < 4.78 is 0. The molecule has 0 aliphatic heterocycles. The Balaban J connectivity index is 1.000. The van der Waals surface area contributed by atoms with Crippen LogP contribution in [0.4, 0.5) is 34.1 Å². The Labute approximate surface area is 401 Å². The zero-order valence-electron chi connectivity index (χ0n) is 39.7. The van der Waals surface area contributed by atoms with E-state index in [-0.39, 0.29) is 10.8 Å². The molecule has 332 valence electrons. The Kier molecular flexibility index (Phi) is 11.8. The van der Waals surface area contributed by atoms with Gasteiger partial charge in [0.25, 0.3) is 0 Å². The lowest BCUT2D eigenvalue weighted by molar-refractivity contribution is 0.591. The fourth-order valence-corrected chi connectivity index (χ4v) is 9.23. The van der Waals surface area contributed by atoms with Gasteiger partial charge in [-0.2, -0.15) is 0 Å². The predicted octanol–water partition coefficient (Wildman–Crippen LogP) is 17.8. The van der Waals surface area contributed by atoms with Crippen LogP contribution in [0.3, 0.4) is 0 Å². The smallest absolute Gasteiger partial charge is 0.0973 e. The molecule has 4 nitrogen and oxygen atoms in total. The molecule has 0 spiro atoms. The number of aromatic nitrogens is 2. The van der Waals surface area contributed by atoms with Crippen molar-refractivity contribution in [2.75, 3.05) is 9.80 Å². The summed E-state index contributed by atoms with van der Waals surface area (Å²) in [5.74, 6) is 0. The van der Waals surface area contributed by atoms with Crippen LogP contribution in [0.25, 0.3) is 55.8 Å². The van der Waals surface area contributed by atoms with Crippen LogP contribution < -0.4 is 9.80 Å². The molecule has 0 saturated carbocycles. The van der Waals surface area contributed by atoms with Crippen molar-refractivity contribution in [1.29, 1.82) is 0 Å². The van der Waals surface area contributed by atoms with E-state index in [2.05, 4.69) is 258 Å². The van der Waals surface area contributed by atoms with Crippen molar-refractivity contribution in [2.45, 2.75) is 52.4 Å². The number of nitrogens with zero attached hydrogens (tertiary/aromatic N) is 4. The number of rotatable bonds is 10. The van der Waals surface area contributed by atoms with Crippen LogP contribution >= 0.6 is 0 Å². The monoisotopic (exact) mass is 880 g/mol. The van der Waals surface area contributed by atoms with Crippen LogP contribution in [0.15, 0.2) is 231 Å². The Hall–Kier alpha value is -8.08. The van der Waals surface area contributed by atoms with Crippen LogP contribution in [-0.2, 0) is 10.8 Å². The van der Waals surface area contributed by atoms with E-state index in [4.69, 9.17) is 9.97 Å². The minimum absolute atomic E-state index is 0.123. The predicted molar refractivity (Wildman–Crippen MR) is 288 cm³/mol. The summed E-state index contributed by atoms with van der Waals surface area (Å²) in [6.45, 7) is 13.8. The van der Waals surface area contributed by atoms with Crippen LogP contribution in [0.1, 0.15) is 52.7 Å². The lowest BCUT2D eigenvalue weighted by Crippen LogP contribution is -2.19. The first-order chi connectivity index (χ1) is 33.0. The number of hydrogen-bond acceptors (Lipinski definition) is 4. The van der Waals surface area contributed by atoms with Gasteiger partial charge in [0, 0.05) is 45.3 Å². The second kappa shape index (κ2) is 18.3. The Morgan fingerprint density at radius 2 is 0.544 bits per heavy atom. The molecule has 0 unspecified atom stereocenters. The van der Waals surface area contributed by atoms with Gasteiger partial charge in [0.2, 0.25) is 0 Å². The van der Waals surface area contributed by atoms with Crippen LogP contribution in [0.2, 0.25) is 0 Å². The first-order valence-corrected chi connectivity index (χ1v) is 23.6. The third-order valence-electron chi connectivity index (χ3n) is 12.7.